The van der Waals surface area contributed by atoms with Crippen LogP contribution >= 0.6 is 23.1 Å². The van der Waals surface area contributed by atoms with Crippen molar-refractivity contribution < 1.29 is 29.0 Å². The number of aliphatic carboxylic acids is 1. The lowest BCUT2D eigenvalue weighted by Gasteiger charge is -2.38. The molecule has 2 rings (SSSR count). The van der Waals surface area contributed by atoms with Crippen LogP contribution in [0.4, 0.5) is 0 Å². The van der Waals surface area contributed by atoms with Crippen LogP contribution in [0.2, 0.25) is 0 Å². The third-order valence-electron chi connectivity index (χ3n) is 4.68. The molecule has 0 saturated carbocycles. The molecule has 0 bridgehead atoms. The van der Waals surface area contributed by atoms with Crippen LogP contribution in [-0.2, 0) is 30.3 Å². The second kappa shape index (κ2) is 12.3. The highest BCUT2D eigenvalue weighted by Gasteiger charge is 2.37. The number of thioether (sulfide) groups is 1. The van der Waals surface area contributed by atoms with E-state index in [1.807, 2.05) is 17.5 Å². The van der Waals surface area contributed by atoms with E-state index in [0.29, 0.717) is 6.42 Å². The predicted molar refractivity (Wildman–Crippen MR) is 117 cm³/mol. The van der Waals surface area contributed by atoms with E-state index in [9.17, 15) is 19.2 Å². The molecule has 31 heavy (non-hydrogen) atoms. The van der Waals surface area contributed by atoms with Gasteiger partial charge in [0.2, 0.25) is 17.7 Å². The van der Waals surface area contributed by atoms with Crippen LogP contribution in [0.1, 0.15) is 17.7 Å². The smallest absolute Gasteiger partial charge is 0.313 e. The first-order valence-corrected chi connectivity index (χ1v) is 11.6. The number of nitrogens with two attached hydrogens (primary N) is 1. The highest BCUT2D eigenvalue weighted by Crippen LogP contribution is 2.22. The monoisotopic (exact) mass is 467 g/mol. The van der Waals surface area contributed by atoms with E-state index in [4.69, 9.17) is 22.0 Å². The lowest BCUT2D eigenvalue weighted by atomic mass is 9.97. The Balaban J connectivity index is 2.10. The number of primary amides is 1. The number of thiophene rings is 1. The number of carbonyl (C=O) groups is 4. The fraction of sp³-hybridized carbons (Fsp3) is 0.500. The molecule has 3 atom stereocenters. The molecule has 3 amide bonds. The van der Waals surface area contributed by atoms with Gasteiger partial charge in [-0.1, -0.05) is 12.0 Å². The molecule has 1 aromatic rings. The van der Waals surface area contributed by atoms with E-state index in [2.05, 4.69) is 11.2 Å². The summed E-state index contributed by atoms with van der Waals surface area (Å²) >= 11 is 2.40. The van der Waals surface area contributed by atoms with Crippen molar-refractivity contribution >= 4 is 46.8 Å². The molecular weight excluding hydrogens is 442 g/mol. The maximum absolute atomic E-state index is 13.1. The van der Waals surface area contributed by atoms with Gasteiger partial charge in [0.05, 0.1) is 17.6 Å². The molecule has 11 heteroatoms. The van der Waals surface area contributed by atoms with E-state index in [1.54, 1.807) is 0 Å². The second-order valence-corrected chi connectivity index (χ2v) is 8.92. The first-order chi connectivity index (χ1) is 14.8. The summed E-state index contributed by atoms with van der Waals surface area (Å²) in [6.45, 7) is 0.343. The van der Waals surface area contributed by atoms with E-state index >= 15 is 0 Å². The first kappa shape index (κ1) is 24.7. The SMILES string of the molecule is C#CCO[C@H]1CCN(C(=O)CSCC(=O)O)[C@H](C(=O)N[C@@H](Cc2cccs2)C(N)=O)C1. The topological polar surface area (TPSA) is 139 Å². The van der Waals surface area contributed by atoms with Crippen LogP contribution in [0, 0.1) is 12.3 Å². The Kier molecular flexibility index (Phi) is 9.84. The molecule has 1 aliphatic rings. The zero-order valence-corrected chi connectivity index (χ0v) is 18.5. The summed E-state index contributed by atoms with van der Waals surface area (Å²) in [5, 5.41) is 13.3. The number of carboxylic acid groups (broad SMARTS) is 1. The number of hydrogen-bond donors (Lipinski definition) is 3. The van der Waals surface area contributed by atoms with Crippen LogP contribution in [-0.4, -0.2) is 76.5 Å². The summed E-state index contributed by atoms with van der Waals surface area (Å²) in [6.07, 6.45) is 5.89. The van der Waals surface area contributed by atoms with E-state index < -0.39 is 29.9 Å². The van der Waals surface area contributed by atoms with Crippen molar-refractivity contribution in [3.8, 4) is 12.3 Å². The molecule has 9 nitrogen and oxygen atoms in total. The van der Waals surface area contributed by atoms with Gasteiger partial charge in [0.25, 0.3) is 0 Å². The highest BCUT2D eigenvalue weighted by atomic mass is 32.2. The average molecular weight is 468 g/mol. The van der Waals surface area contributed by atoms with Gasteiger partial charge in [0.15, 0.2) is 0 Å². The Hall–Kier alpha value is -2.55. The van der Waals surface area contributed by atoms with Gasteiger partial charge >= 0.3 is 5.97 Å². The fourth-order valence-electron chi connectivity index (χ4n) is 3.23. The molecule has 0 unspecified atom stereocenters. The number of amides is 3. The molecule has 1 aliphatic heterocycles. The lowest BCUT2D eigenvalue weighted by molar-refractivity contribution is -0.144. The number of ether oxygens (including phenoxy) is 1. The molecule has 2 heterocycles. The third kappa shape index (κ3) is 7.90. The second-order valence-electron chi connectivity index (χ2n) is 6.90. The summed E-state index contributed by atoms with van der Waals surface area (Å²) < 4.78 is 5.56. The zero-order valence-electron chi connectivity index (χ0n) is 16.8. The minimum Gasteiger partial charge on any atom is -0.481 e. The van der Waals surface area contributed by atoms with Crippen molar-refractivity contribution in [1.29, 1.82) is 0 Å². The van der Waals surface area contributed by atoms with Crippen LogP contribution in [0.5, 0.6) is 0 Å². The van der Waals surface area contributed by atoms with Gasteiger partial charge in [-0.3, -0.25) is 19.2 Å². The number of carbonyl (C=O) groups excluding carboxylic acids is 3. The standard InChI is InChI=1S/C20H25N3O6S2/c1-2-7-29-13-5-6-23(17(24)11-30-12-18(25)26)16(9-13)20(28)22-15(19(21)27)10-14-4-3-8-31-14/h1,3-4,8,13,15-16H,5-7,9-12H2,(H2,21,27)(H,22,28)(H,25,26)/t13-,15-,16-/m0/s1. The molecule has 1 fully saturated rings. The van der Waals surface area contributed by atoms with Gasteiger partial charge in [-0.25, -0.2) is 0 Å². The van der Waals surface area contributed by atoms with E-state index in [-0.39, 0.29) is 49.5 Å². The number of likely N-dealkylation sites (tertiary alicyclic amines) is 1. The number of terminal acetylenes is 1. The Morgan fingerprint density at radius 1 is 1.42 bits per heavy atom. The minimum atomic E-state index is -1.02. The Morgan fingerprint density at radius 2 is 2.19 bits per heavy atom. The number of hydrogen-bond acceptors (Lipinski definition) is 7. The van der Waals surface area contributed by atoms with Gasteiger partial charge in [0, 0.05) is 24.3 Å². The van der Waals surface area contributed by atoms with Crippen LogP contribution in [0.25, 0.3) is 0 Å². The number of nitrogens with zero attached hydrogens (tertiary/aromatic N) is 1. The van der Waals surface area contributed by atoms with E-state index in [0.717, 1.165) is 16.6 Å². The summed E-state index contributed by atoms with van der Waals surface area (Å²) in [5.74, 6) is -0.456. The van der Waals surface area contributed by atoms with Crippen LogP contribution in [0.3, 0.4) is 0 Å². The first-order valence-electron chi connectivity index (χ1n) is 9.58. The zero-order chi connectivity index (χ0) is 22.8. The highest BCUT2D eigenvalue weighted by molar-refractivity contribution is 8.00. The minimum absolute atomic E-state index is 0.0690. The van der Waals surface area contributed by atoms with Crippen molar-refractivity contribution in [3.63, 3.8) is 0 Å². The quantitative estimate of drug-likeness (QED) is 0.392. The van der Waals surface area contributed by atoms with Gasteiger partial charge in [-0.15, -0.1) is 29.5 Å². The number of rotatable bonds is 11. The van der Waals surface area contributed by atoms with Crippen molar-refractivity contribution in [3.05, 3.63) is 22.4 Å². The Morgan fingerprint density at radius 3 is 2.81 bits per heavy atom. The van der Waals surface area contributed by atoms with Crippen molar-refractivity contribution in [2.75, 3.05) is 24.7 Å². The Bertz CT molecular complexity index is 823. The normalized spacial score (nSPS) is 19.3. The number of piperidine rings is 1. The van der Waals surface area contributed by atoms with Crippen LogP contribution < -0.4 is 11.1 Å². The molecule has 0 radical (unpaired) electrons. The fourth-order valence-corrected chi connectivity index (χ4v) is 4.60. The maximum Gasteiger partial charge on any atom is 0.313 e. The molecule has 1 saturated heterocycles. The summed E-state index contributed by atoms with van der Waals surface area (Å²) in [5.41, 5.74) is 5.48. The summed E-state index contributed by atoms with van der Waals surface area (Å²) in [4.78, 5) is 50.6. The van der Waals surface area contributed by atoms with Crippen molar-refractivity contribution in [2.24, 2.45) is 5.73 Å². The molecule has 1 aromatic heterocycles. The number of nitrogens with one attached hydrogen (secondary N) is 1. The number of carboxylic acids is 1. The van der Waals surface area contributed by atoms with Gasteiger partial charge in [-0.2, -0.15) is 0 Å². The largest absolute Gasteiger partial charge is 0.481 e. The molecular formula is C20H25N3O6S2. The maximum atomic E-state index is 13.1. The molecule has 0 aromatic carbocycles. The summed E-state index contributed by atoms with van der Waals surface area (Å²) in [7, 11) is 0. The van der Waals surface area contributed by atoms with Gasteiger partial charge in [0.1, 0.15) is 18.7 Å². The van der Waals surface area contributed by atoms with Crippen LogP contribution in [0.15, 0.2) is 17.5 Å². The van der Waals surface area contributed by atoms with Crippen molar-refractivity contribution in [2.45, 2.75) is 37.5 Å². The average Bonchev–Trinajstić information content (AvgIpc) is 3.24. The van der Waals surface area contributed by atoms with E-state index in [1.165, 1.54) is 16.2 Å². The molecule has 168 valence electrons. The third-order valence-corrected chi connectivity index (χ3v) is 6.48. The summed E-state index contributed by atoms with van der Waals surface area (Å²) in [6, 6.07) is 1.88. The van der Waals surface area contributed by atoms with Crippen molar-refractivity contribution in [1.82, 2.24) is 10.2 Å². The van der Waals surface area contributed by atoms with Gasteiger partial charge < -0.3 is 25.8 Å². The Labute approximate surface area is 188 Å². The molecule has 0 aliphatic carbocycles. The lowest BCUT2D eigenvalue weighted by Crippen LogP contribution is -2.58. The molecule has 4 N–H and O–H groups in total. The van der Waals surface area contributed by atoms with Gasteiger partial charge in [-0.05, 0) is 17.9 Å². The molecule has 0 spiro atoms. The predicted octanol–water partition coefficient (Wildman–Crippen LogP) is 0.0879.